The maximum atomic E-state index is 13.1. The molecule has 0 aromatic carbocycles. The summed E-state index contributed by atoms with van der Waals surface area (Å²) in [6.07, 6.45) is 0.471. The summed E-state index contributed by atoms with van der Waals surface area (Å²) in [5.41, 5.74) is 0.748. The highest BCUT2D eigenvalue weighted by atomic mass is 19.3. The van der Waals surface area contributed by atoms with E-state index in [9.17, 15) is 8.78 Å². The highest BCUT2D eigenvalue weighted by molar-refractivity contribution is 5.15. The van der Waals surface area contributed by atoms with Crippen molar-refractivity contribution in [3.8, 4) is 0 Å². The van der Waals surface area contributed by atoms with E-state index in [1.165, 1.54) is 10.7 Å². The second-order valence-corrected chi connectivity index (χ2v) is 3.20. The first-order valence-electron chi connectivity index (χ1n) is 4.02. The summed E-state index contributed by atoms with van der Waals surface area (Å²) >= 11 is 0. The molecule has 2 rings (SSSR count). The Morgan fingerprint density at radius 3 is 3.00 bits per heavy atom. The Bertz CT molecular complexity index is 304. The number of aromatic nitrogens is 2. The van der Waals surface area contributed by atoms with Crippen LogP contribution >= 0.6 is 0 Å². The van der Waals surface area contributed by atoms with Gasteiger partial charge >= 0.3 is 0 Å². The Balaban J connectivity index is 2.51. The molecule has 1 aromatic rings. The molecule has 0 N–H and O–H groups in total. The molecule has 12 heavy (non-hydrogen) atoms. The first kappa shape index (κ1) is 7.71. The average molecular weight is 172 g/mol. The Hall–Kier alpha value is -0.930. The second-order valence-electron chi connectivity index (χ2n) is 3.20. The van der Waals surface area contributed by atoms with Crippen LogP contribution in [0.4, 0.5) is 8.78 Å². The number of fused-ring (bicyclic) bond motifs is 1. The minimum absolute atomic E-state index is 0.0435. The minimum Gasteiger partial charge on any atom is -0.263 e. The van der Waals surface area contributed by atoms with Crippen molar-refractivity contribution >= 4 is 0 Å². The van der Waals surface area contributed by atoms with E-state index in [-0.39, 0.29) is 12.1 Å². The van der Waals surface area contributed by atoms with Gasteiger partial charge in [-0.05, 0) is 19.4 Å². The van der Waals surface area contributed by atoms with Gasteiger partial charge in [-0.2, -0.15) is 13.9 Å². The second kappa shape index (κ2) is 2.28. The molecular weight excluding hydrogens is 162 g/mol. The molecular formula is C8H10F2N2. The number of rotatable bonds is 0. The maximum Gasteiger partial charge on any atom is 0.289 e. The molecule has 0 radical (unpaired) electrons. The monoisotopic (exact) mass is 172 g/mol. The topological polar surface area (TPSA) is 17.8 Å². The molecule has 0 spiro atoms. The fraction of sp³-hybridized carbons (Fsp3) is 0.625. The molecule has 1 aromatic heterocycles. The molecule has 0 saturated heterocycles. The zero-order chi connectivity index (χ0) is 8.77. The zero-order valence-electron chi connectivity index (χ0n) is 6.85. The Kier molecular flexibility index (Phi) is 1.46. The van der Waals surface area contributed by atoms with E-state index in [0.717, 1.165) is 0 Å². The average Bonchev–Trinajstić information content (AvgIpc) is 2.30. The lowest BCUT2D eigenvalue weighted by molar-refractivity contribution is -0.0364. The van der Waals surface area contributed by atoms with Crippen molar-refractivity contribution in [1.29, 1.82) is 0 Å². The molecule has 0 aliphatic carbocycles. The van der Waals surface area contributed by atoms with Gasteiger partial charge in [0.05, 0.1) is 5.69 Å². The maximum absolute atomic E-state index is 13.1. The number of alkyl halides is 2. The molecule has 0 bridgehead atoms. The highest BCUT2D eigenvalue weighted by Gasteiger charge is 2.37. The standard InChI is InChI=1S/C8H10F2N2/c1-6-5-7-8(9,10)3-2-4-12(7)11-6/h5H,2-4H2,1H3. The van der Waals surface area contributed by atoms with Crippen LogP contribution in [0.25, 0.3) is 0 Å². The molecule has 66 valence electrons. The highest BCUT2D eigenvalue weighted by Crippen LogP contribution is 2.36. The van der Waals surface area contributed by atoms with Gasteiger partial charge < -0.3 is 0 Å². The molecule has 2 heterocycles. The Labute approximate surface area is 69.2 Å². The van der Waals surface area contributed by atoms with Crippen LogP contribution in [0.15, 0.2) is 6.07 Å². The third-order valence-electron chi connectivity index (χ3n) is 2.14. The van der Waals surface area contributed by atoms with Crippen molar-refractivity contribution in [3.63, 3.8) is 0 Å². The van der Waals surface area contributed by atoms with Crippen LogP contribution in [0.3, 0.4) is 0 Å². The van der Waals surface area contributed by atoms with Gasteiger partial charge in [-0.3, -0.25) is 4.68 Å². The van der Waals surface area contributed by atoms with Gasteiger partial charge in [0.1, 0.15) is 5.69 Å². The summed E-state index contributed by atoms with van der Waals surface area (Å²) in [6.45, 7) is 2.36. The van der Waals surface area contributed by atoms with E-state index < -0.39 is 5.92 Å². The van der Waals surface area contributed by atoms with Crippen molar-refractivity contribution in [3.05, 3.63) is 17.5 Å². The van der Waals surface area contributed by atoms with E-state index in [0.29, 0.717) is 18.7 Å². The molecule has 0 fully saturated rings. The van der Waals surface area contributed by atoms with E-state index in [2.05, 4.69) is 5.10 Å². The van der Waals surface area contributed by atoms with Gasteiger partial charge in [0, 0.05) is 13.0 Å². The number of nitrogens with zero attached hydrogens (tertiary/aromatic N) is 2. The predicted molar refractivity (Wildman–Crippen MR) is 40.1 cm³/mol. The van der Waals surface area contributed by atoms with E-state index in [1.54, 1.807) is 6.92 Å². The van der Waals surface area contributed by atoms with Gasteiger partial charge in [-0.1, -0.05) is 0 Å². The lowest BCUT2D eigenvalue weighted by Crippen LogP contribution is -2.25. The van der Waals surface area contributed by atoms with Crippen LogP contribution in [0.1, 0.15) is 24.2 Å². The SMILES string of the molecule is Cc1cc2n(n1)CCCC2(F)F. The van der Waals surface area contributed by atoms with Crippen LogP contribution in [-0.4, -0.2) is 9.78 Å². The lowest BCUT2D eigenvalue weighted by Gasteiger charge is -2.22. The van der Waals surface area contributed by atoms with Gasteiger partial charge in [-0.15, -0.1) is 0 Å². The van der Waals surface area contributed by atoms with Crippen LogP contribution < -0.4 is 0 Å². The summed E-state index contributed by atoms with van der Waals surface area (Å²) in [6, 6.07) is 1.47. The van der Waals surface area contributed by atoms with Crippen molar-refractivity contribution in [2.75, 3.05) is 0 Å². The van der Waals surface area contributed by atoms with Crippen molar-refractivity contribution in [1.82, 2.24) is 9.78 Å². The smallest absolute Gasteiger partial charge is 0.263 e. The first-order chi connectivity index (χ1) is 5.59. The quantitative estimate of drug-likeness (QED) is 0.585. The molecule has 0 unspecified atom stereocenters. The van der Waals surface area contributed by atoms with Gasteiger partial charge in [0.15, 0.2) is 0 Å². The summed E-state index contributed by atoms with van der Waals surface area (Å²) in [4.78, 5) is 0. The fourth-order valence-corrected chi connectivity index (χ4v) is 1.59. The largest absolute Gasteiger partial charge is 0.289 e. The van der Waals surface area contributed by atoms with Crippen molar-refractivity contribution in [2.24, 2.45) is 0 Å². The number of aryl methyl sites for hydroxylation is 2. The third kappa shape index (κ3) is 1.02. The molecule has 1 aliphatic rings. The van der Waals surface area contributed by atoms with Crippen molar-refractivity contribution < 1.29 is 8.78 Å². The summed E-state index contributed by atoms with van der Waals surface area (Å²) in [7, 11) is 0. The van der Waals surface area contributed by atoms with Gasteiger partial charge in [0.25, 0.3) is 5.92 Å². The van der Waals surface area contributed by atoms with E-state index in [4.69, 9.17) is 0 Å². The van der Waals surface area contributed by atoms with E-state index >= 15 is 0 Å². The van der Waals surface area contributed by atoms with Crippen LogP contribution in [0, 0.1) is 6.92 Å². The zero-order valence-corrected chi connectivity index (χ0v) is 6.85. The minimum atomic E-state index is -2.67. The number of hydrogen-bond acceptors (Lipinski definition) is 1. The Morgan fingerprint density at radius 1 is 1.58 bits per heavy atom. The molecule has 1 aliphatic heterocycles. The fourth-order valence-electron chi connectivity index (χ4n) is 1.59. The predicted octanol–water partition coefficient (Wildman–Crippen LogP) is 2.08. The molecule has 0 atom stereocenters. The molecule has 0 amide bonds. The first-order valence-corrected chi connectivity index (χ1v) is 4.02. The Morgan fingerprint density at radius 2 is 2.33 bits per heavy atom. The molecule has 2 nitrogen and oxygen atoms in total. The summed E-state index contributed by atoms with van der Waals surface area (Å²) in [5.74, 6) is -2.67. The van der Waals surface area contributed by atoms with Crippen molar-refractivity contribution in [2.45, 2.75) is 32.2 Å². The van der Waals surface area contributed by atoms with Crippen LogP contribution in [0.2, 0.25) is 0 Å². The van der Waals surface area contributed by atoms with E-state index in [1.807, 2.05) is 0 Å². The van der Waals surface area contributed by atoms with Gasteiger partial charge in [0.2, 0.25) is 0 Å². The van der Waals surface area contributed by atoms with Gasteiger partial charge in [-0.25, -0.2) is 0 Å². The molecule has 4 heteroatoms. The third-order valence-corrected chi connectivity index (χ3v) is 2.14. The van der Waals surface area contributed by atoms with Crippen LogP contribution in [0.5, 0.6) is 0 Å². The normalized spacial score (nSPS) is 20.6. The summed E-state index contributed by atoms with van der Waals surface area (Å²) < 4.78 is 27.7. The molecule has 0 saturated carbocycles. The lowest BCUT2D eigenvalue weighted by atomic mass is 10.1. The van der Waals surface area contributed by atoms with Crippen LogP contribution in [-0.2, 0) is 12.5 Å². The number of hydrogen-bond donors (Lipinski definition) is 0. The number of halogens is 2. The summed E-state index contributed by atoms with van der Waals surface area (Å²) in [5, 5.41) is 3.98.